The molecule has 4 nitrogen and oxygen atoms in total. The van der Waals surface area contributed by atoms with Gasteiger partial charge in [0, 0.05) is 0 Å². The molecule has 0 amide bonds. The van der Waals surface area contributed by atoms with Crippen LogP contribution in [-0.4, -0.2) is 32.3 Å². The van der Waals surface area contributed by atoms with Crippen molar-refractivity contribution in [2.75, 3.05) is 12.3 Å². The summed E-state index contributed by atoms with van der Waals surface area (Å²) in [4.78, 5) is 9.36. The lowest BCUT2D eigenvalue weighted by Gasteiger charge is -2.27. The molecule has 30 heteroatoms. The molecule has 4 heterocycles. The van der Waals surface area contributed by atoms with E-state index < -0.39 is 144 Å². The van der Waals surface area contributed by atoms with E-state index >= 15 is 0 Å². The second-order valence-electron chi connectivity index (χ2n) is 11.7. The fraction of sp³-hybridized carbons (Fsp3) is 0.333. The second-order valence-corrected chi connectivity index (χ2v) is 16.3. The van der Waals surface area contributed by atoms with Crippen molar-refractivity contribution in [3.8, 4) is 0 Å². The van der Waals surface area contributed by atoms with Crippen molar-refractivity contribution in [2.45, 2.75) is 49.4 Å². The lowest BCUT2D eigenvalue weighted by molar-refractivity contribution is -0.151. The highest BCUT2D eigenvalue weighted by atomic mass is 31.1. The summed E-state index contributed by atoms with van der Waals surface area (Å²) < 4.78 is 332. The van der Waals surface area contributed by atoms with E-state index in [1.54, 1.807) is 0 Å². The van der Waals surface area contributed by atoms with E-state index in [-0.39, 0.29) is 48.5 Å². The van der Waals surface area contributed by atoms with Gasteiger partial charge in [0.25, 0.3) is 0 Å². The Balaban J connectivity index is 2.16. The Kier molecular flexibility index (Phi) is 12.8. The van der Waals surface area contributed by atoms with Crippen LogP contribution in [-0.2, 0) is 49.4 Å². The zero-order chi connectivity index (χ0) is 46.0. The Morgan fingerprint density at radius 2 is 0.367 bits per heavy atom. The lowest BCUT2D eigenvalue weighted by atomic mass is 10.3. The van der Waals surface area contributed by atoms with Crippen LogP contribution in [0.2, 0.25) is 0 Å². The maximum Gasteiger partial charge on any atom is 0.433 e. The van der Waals surface area contributed by atoms with Crippen molar-refractivity contribution >= 4 is 37.1 Å². The molecule has 0 spiro atoms. The molecule has 0 N–H and O–H groups in total. The van der Waals surface area contributed by atoms with Crippen molar-refractivity contribution in [1.29, 1.82) is 0 Å². The van der Waals surface area contributed by atoms with Crippen molar-refractivity contribution in [1.82, 2.24) is 19.9 Å². The van der Waals surface area contributed by atoms with E-state index in [0.717, 1.165) is 0 Å². The predicted octanol–water partition coefficient (Wildman–Crippen LogP) is 11.0. The van der Waals surface area contributed by atoms with E-state index in [2.05, 4.69) is 19.9 Å². The number of hydrogen-bond donors (Lipinski definition) is 0. The van der Waals surface area contributed by atoms with Crippen LogP contribution >= 0.6 is 15.8 Å². The lowest BCUT2D eigenvalue weighted by Crippen LogP contribution is -2.28. The van der Waals surface area contributed by atoms with Gasteiger partial charge in [0.1, 0.15) is 45.6 Å². The highest BCUT2D eigenvalue weighted by Gasteiger charge is 2.45. The summed E-state index contributed by atoms with van der Waals surface area (Å²) >= 11 is 0. The molecule has 330 valence electrons. The molecular weight excluding hydrogens is 934 g/mol. The summed E-state index contributed by atoms with van der Waals surface area (Å²) in [7, 11) is -7.44. The van der Waals surface area contributed by atoms with Crippen LogP contribution in [0.5, 0.6) is 0 Å². The normalized spacial score (nSPS) is 14.1. The third-order valence-corrected chi connectivity index (χ3v) is 12.6. The van der Waals surface area contributed by atoms with Crippen LogP contribution in [0, 0.1) is 0 Å². The van der Waals surface area contributed by atoms with Gasteiger partial charge >= 0.3 is 49.4 Å². The molecule has 0 radical (unpaired) electrons. The average Bonchev–Trinajstić information content (AvgIpc) is 3.06. The molecule has 0 bridgehead atoms. The first-order chi connectivity index (χ1) is 26.8. The van der Waals surface area contributed by atoms with Gasteiger partial charge in [0.05, 0.1) is 0 Å². The van der Waals surface area contributed by atoms with Gasteiger partial charge in [0.15, 0.2) is 0 Å². The second kappa shape index (κ2) is 15.9. The van der Waals surface area contributed by atoms with Crippen molar-refractivity contribution < 1.29 is 105 Å². The minimum Gasteiger partial charge on any atom is -0.239 e. The van der Waals surface area contributed by atoms with Crippen LogP contribution in [0.15, 0.2) is 48.5 Å². The monoisotopic (exact) mass is 946 g/mol. The van der Waals surface area contributed by atoms with Crippen LogP contribution < -0.4 is 21.2 Å². The van der Waals surface area contributed by atoms with Gasteiger partial charge in [-0.3, -0.25) is 0 Å². The number of nitrogens with zero attached hydrogens (tertiary/aromatic N) is 4. The number of alkyl halides is 24. The maximum atomic E-state index is 13.8. The highest BCUT2D eigenvalue weighted by molar-refractivity contribution is 7.76. The zero-order valence-electron chi connectivity index (χ0n) is 27.8. The first-order valence-corrected chi connectivity index (χ1v) is 18.0. The maximum absolute atomic E-state index is 13.8. The molecule has 0 saturated carbocycles. The van der Waals surface area contributed by atoms with Crippen LogP contribution in [0.25, 0.3) is 0 Å². The number of rotatable bonds is 7. The molecule has 0 aliphatic heterocycles. The quantitative estimate of drug-likeness (QED) is 0.137. The molecule has 0 saturated heterocycles. The van der Waals surface area contributed by atoms with Crippen LogP contribution in [0.4, 0.5) is 105 Å². The highest BCUT2D eigenvalue weighted by Crippen LogP contribution is 2.47. The van der Waals surface area contributed by atoms with E-state index in [0.29, 0.717) is 0 Å². The Hall–Kier alpha value is -4.22. The summed E-state index contributed by atoms with van der Waals surface area (Å²) in [5.74, 6) is 0. The Morgan fingerprint density at radius 3 is 0.467 bits per heavy atom. The van der Waals surface area contributed by atoms with Crippen molar-refractivity contribution in [3.63, 3.8) is 0 Å². The standard InChI is InChI=1S/C30H12F24N4P2/c31-23(32,33)15-3-11(4-16(55-15)24(34,35)36)59(12-5-17(25(37,38)39)56-18(6-12)26(40,41)42)1-2-60(13-7-19(27(43,44)45)57-20(8-13)28(46,47)48)14-9-21(29(49,50)51)58-22(10-14)30(52,53)54/h3-10H,1-2H2. The summed E-state index contributed by atoms with van der Waals surface area (Å²) in [5.41, 5.74) is -20.0. The molecule has 0 aliphatic carbocycles. The molecule has 4 aromatic rings. The molecular formula is C30H12F24N4P2. The molecule has 0 fully saturated rings. The third-order valence-electron chi connectivity index (χ3n) is 7.36. The zero-order valence-corrected chi connectivity index (χ0v) is 29.6. The summed E-state index contributed by atoms with van der Waals surface area (Å²) in [6, 6.07) is -2.59. The average molecular weight is 946 g/mol. The van der Waals surface area contributed by atoms with E-state index in [1.807, 2.05) is 0 Å². The summed E-state index contributed by atoms with van der Waals surface area (Å²) in [6.45, 7) is 0. The predicted molar refractivity (Wildman–Crippen MR) is 159 cm³/mol. The Morgan fingerprint density at radius 1 is 0.250 bits per heavy atom. The van der Waals surface area contributed by atoms with Gasteiger partial charge in [0.2, 0.25) is 0 Å². The molecule has 0 atom stereocenters. The van der Waals surface area contributed by atoms with Gasteiger partial charge in [-0.15, -0.1) is 0 Å². The summed E-state index contributed by atoms with van der Waals surface area (Å²) in [6.07, 6.45) is -50.2. The van der Waals surface area contributed by atoms with Gasteiger partial charge in [-0.2, -0.15) is 105 Å². The molecule has 4 rings (SSSR count). The number of hydrogen-bond acceptors (Lipinski definition) is 4. The van der Waals surface area contributed by atoms with E-state index in [1.165, 1.54) is 0 Å². The molecule has 4 aromatic heterocycles. The first-order valence-electron chi connectivity index (χ1n) is 15.0. The fourth-order valence-corrected chi connectivity index (χ4v) is 10.3. The van der Waals surface area contributed by atoms with Crippen molar-refractivity contribution in [3.05, 3.63) is 94.1 Å². The fourth-order valence-electron chi connectivity index (χ4n) is 4.86. The number of aromatic nitrogens is 4. The molecule has 0 unspecified atom stereocenters. The minimum atomic E-state index is -5.88. The van der Waals surface area contributed by atoms with Crippen LogP contribution in [0.1, 0.15) is 45.6 Å². The third kappa shape index (κ3) is 11.8. The smallest absolute Gasteiger partial charge is 0.239 e. The van der Waals surface area contributed by atoms with E-state index in [9.17, 15) is 105 Å². The van der Waals surface area contributed by atoms with Gasteiger partial charge in [-0.05, 0) is 97.9 Å². The number of pyridine rings is 4. The Bertz CT molecular complexity index is 1760. The van der Waals surface area contributed by atoms with Gasteiger partial charge in [-0.25, -0.2) is 19.9 Å². The topological polar surface area (TPSA) is 51.6 Å². The minimum absolute atomic E-state index is 0.323. The number of halogens is 24. The summed E-state index contributed by atoms with van der Waals surface area (Å²) in [5, 5.41) is -5.92. The molecule has 0 aromatic carbocycles. The van der Waals surface area contributed by atoms with Gasteiger partial charge < -0.3 is 0 Å². The largest absolute Gasteiger partial charge is 0.433 e. The molecule has 0 aliphatic rings. The SMILES string of the molecule is FC(F)(F)c1cc(P(CCP(c2cc(C(F)(F)F)nc(C(F)(F)F)c2)c2cc(C(F)(F)F)nc(C(F)(F)F)c2)c2cc(C(F)(F)F)nc(C(F)(F)F)c2)cc(C(F)(F)F)n1. The first kappa shape index (κ1) is 48.4. The van der Waals surface area contributed by atoms with E-state index in [4.69, 9.17) is 0 Å². The van der Waals surface area contributed by atoms with Crippen LogP contribution in [0.3, 0.4) is 0 Å². The van der Waals surface area contributed by atoms with Crippen molar-refractivity contribution in [2.24, 2.45) is 0 Å². The Labute approximate surface area is 318 Å². The van der Waals surface area contributed by atoms with Gasteiger partial charge in [-0.1, -0.05) is 0 Å². The molecule has 60 heavy (non-hydrogen) atoms.